The fourth-order valence-electron chi connectivity index (χ4n) is 2.70. The summed E-state index contributed by atoms with van der Waals surface area (Å²) in [4.78, 5) is 14.4. The molecule has 1 fully saturated rings. The van der Waals surface area contributed by atoms with Gasteiger partial charge >= 0.3 is 0 Å². The molecule has 0 aromatic heterocycles. The number of hydrogen-bond acceptors (Lipinski definition) is 3. The van der Waals surface area contributed by atoms with Gasteiger partial charge in [0.2, 0.25) is 5.91 Å². The number of para-hydroxylation sites is 1. The van der Waals surface area contributed by atoms with Crippen molar-refractivity contribution in [3.05, 3.63) is 29.8 Å². The number of benzene rings is 1. The predicted octanol–water partition coefficient (Wildman–Crippen LogP) is 1.93. The van der Waals surface area contributed by atoms with E-state index in [9.17, 15) is 9.90 Å². The zero-order valence-electron chi connectivity index (χ0n) is 12.1. The van der Waals surface area contributed by atoms with Gasteiger partial charge in [-0.3, -0.25) is 4.79 Å². The molecule has 0 bridgehead atoms. The van der Waals surface area contributed by atoms with Crippen molar-refractivity contribution >= 4 is 5.91 Å². The monoisotopic (exact) mass is 276 g/mol. The Bertz CT molecular complexity index is 442. The van der Waals surface area contributed by atoms with E-state index in [2.05, 4.69) is 12.2 Å². The number of amides is 1. The molecule has 1 heterocycles. The number of nitrogens with zero attached hydrogens (tertiary/aromatic N) is 1. The summed E-state index contributed by atoms with van der Waals surface area (Å²) in [6, 6.07) is 7.49. The van der Waals surface area contributed by atoms with Gasteiger partial charge in [0.25, 0.3) is 0 Å². The van der Waals surface area contributed by atoms with Crippen LogP contribution < -0.4 is 5.32 Å². The molecule has 2 N–H and O–H groups in total. The van der Waals surface area contributed by atoms with Crippen molar-refractivity contribution in [2.75, 3.05) is 19.6 Å². The molecule has 4 heteroatoms. The molecule has 4 nitrogen and oxygen atoms in total. The Morgan fingerprint density at radius 3 is 2.90 bits per heavy atom. The zero-order chi connectivity index (χ0) is 14.4. The Kier molecular flexibility index (Phi) is 5.41. The Hall–Kier alpha value is -1.55. The second kappa shape index (κ2) is 7.29. The van der Waals surface area contributed by atoms with Gasteiger partial charge in [-0.25, -0.2) is 0 Å². The van der Waals surface area contributed by atoms with E-state index in [-0.39, 0.29) is 18.1 Å². The van der Waals surface area contributed by atoms with E-state index in [0.717, 1.165) is 32.5 Å². The van der Waals surface area contributed by atoms with Crippen molar-refractivity contribution in [3.8, 4) is 5.75 Å². The van der Waals surface area contributed by atoms with Gasteiger partial charge in [0.05, 0.1) is 6.42 Å². The molecule has 1 atom stereocenters. The molecule has 1 aromatic carbocycles. The van der Waals surface area contributed by atoms with Crippen molar-refractivity contribution in [2.45, 2.75) is 38.6 Å². The lowest BCUT2D eigenvalue weighted by Crippen LogP contribution is -2.42. The fraction of sp³-hybridized carbons (Fsp3) is 0.562. The lowest BCUT2D eigenvalue weighted by atomic mass is 10.1. The molecule has 1 aromatic rings. The molecule has 0 spiro atoms. The van der Waals surface area contributed by atoms with E-state index in [1.165, 1.54) is 6.42 Å². The molecule has 2 rings (SSSR count). The molecule has 110 valence electrons. The van der Waals surface area contributed by atoms with Crippen LogP contribution >= 0.6 is 0 Å². The van der Waals surface area contributed by atoms with Crippen LogP contribution in [0.25, 0.3) is 0 Å². The lowest BCUT2D eigenvalue weighted by molar-refractivity contribution is -0.130. The van der Waals surface area contributed by atoms with Gasteiger partial charge in [0, 0.05) is 24.7 Å². The van der Waals surface area contributed by atoms with Crippen LogP contribution in [0.1, 0.15) is 31.7 Å². The minimum Gasteiger partial charge on any atom is -0.508 e. The van der Waals surface area contributed by atoms with Crippen LogP contribution in [0, 0.1) is 0 Å². The molecule has 1 aliphatic rings. The summed E-state index contributed by atoms with van der Waals surface area (Å²) < 4.78 is 0. The first-order valence-corrected chi connectivity index (χ1v) is 7.48. The molecular formula is C16H24N2O2. The van der Waals surface area contributed by atoms with Crippen molar-refractivity contribution in [1.82, 2.24) is 10.2 Å². The Balaban J connectivity index is 1.97. The van der Waals surface area contributed by atoms with Gasteiger partial charge in [-0.2, -0.15) is 0 Å². The highest BCUT2D eigenvalue weighted by Gasteiger charge is 2.21. The number of rotatable bonds is 6. The molecule has 1 aliphatic heterocycles. The van der Waals surface area contributed by atoms with Crippen molar-refractivity contribution in [3.63, 3.8) is 0 Å². The third-order valence-corrected chi connectivity index (χ3v) is 3.78. The minimum atomic E-state index is 0.0991. The van der Waals surface area contributed by atoms with Gasteiger partial charge < -0.3 is 15.3 Å². The molecule has 0 radical (unpaired) electrons. The molecule has 0 aliphatic carbocycles. The van der Waals surface area contributed by atoms with Gasteiger partial charge in [0.15, 0.2) is 0 Å². The van der Waals surface area contributed by atoms with Crippen molar-refractivity contribution in [1.29, 1.82) is 0 Å². The highest BCUT2D eigenvalue weighted by Crippen LogP contribution is 2.17. The second-order valence-corrected chi connectivity index (χ2v) is 5.44. The lowest BCUT2D eigenvalue weighted by Gasteiger charge is -2.25. The Labute approximate surface area is 120 Å². The number of nitrogens with one attached hydrogen (secondary N) is 1. The summed E-state index contributed by atoms with van der Waals surface area (Å²) in [5.74, 6) is 0.304. The summed E-state index contributed by atoms with van der Waals surface area (Å²) >= 11 is 0. The highest BCUT2D eigenvalue weighted by atomic mass is 16.3. The summed E-state index contributed by atoms with van der Waals surface area (Å²) in [6.45, 7) is 4.70. The maximum atomic E-state index is 12.4. The predicted molar refractivity (Wildman–Crippen MR) is 79.7 cm³/mol. The quantitative estimate of drug-likeness (QED) is 0.834. The van der Waals surface area contributed by atoms with Gasteiger partial charge in [-0.1, -0.05) is 25.1 Å². The molecule has 1 unspecified atom stereocenters. The summed E-state index contributed by atoms with van der Waals surface area (Å²) in [5, 5.41) is 13.2. The Morgan fingerprint density at radius 2 is 2.25 bits per heavy atom. The zero-order valence-corrected chi connectivity index (χ0v) is 12.1. The van der Waals surface area contributed by atoms with Crippen molar-refractivity contribution in [2.24, 2.45) is 0 Å². The standard InChI is InChI=1S/C16H24N2O2/c1-2-10-18(12-14-7-5-9-17-14)16(20)11-13-6-3-4-8-15(13)19/h3-4,6,8,14,17,19H,2,5,7,9-12H2,1H3. The molecule has 1 amide bonds. The number of hydrogen-bond donors (Lipinski definition) is 2. The first-order valence-electron chi connectivity index (χ1n) is 7.48. The van der Waals surface area contributed by atoms with Crippen LogP contribution in [0.15, 0.2) is 24.3 Å². The number of carbonyl (C=O) groups is 1. The average molecular weight is 276 g/mol. The molecule has 1 saturated heterocycles. The number of phenolic OH excluding ortho intramolecular Hbond substituents is 1. The molecule has 0 saturated carbocycles. The van der Waals surface area contributed by atoms with E-state index in [1.807, 2.05) is 17.0 Å². The molecular weight excluding hydrogens is 252 g/mol. The number of phenols is 1. The van der Waals surface area contributed by atoms with Crippen LogP contribution in [-0.4, -0.2) is 41.6 Å². The highest BCUT2D eigenvalue weighted by molar-refractivity contribution is 5.79. The number of carbonyl (C=O) groups excluding carboxylic acids is 1. The third kappa shape index (κ3) is 3.97. The van der Waals surface area contributed by atoms with E-state index < -0.39 is 0 Å². The normalized spacial score (nSPS) is 18.1. The van der Waals surface area contributed by atoms with Crippen molar-refractivity contribution < 1.29 is 9.90 Å². The van der Waals surface area contributed by atoms with Crippen LogP contribution in [0.5, 0.6) is 5.75 Å². The van der Waals surface area contributed by atoms with E-state index in [4.69, 9.17) is 0 Å². The maximum absolute atomic E-state index is 12.4. The van der Waals surface area contributed by atoms with E-state index in [0.29, 0.717) is 11.6 Å². The average Bonchev–Trinajstić information content (AvgIpc) is 2.94. The summed E-state index contributed by atoms with van der Waals surface area (Å²) in [6.07, 6.45) is 3.57. The maximum Gasteiger partial charge on any atom is 0.227 e. The van der Waals surface area contributed by atoms with Crippen LogP contribution in [0.4, 0.5) is 0 Å². The SMILES string of the molecule is CCCN(CC1CCCN1)C(=O)Cc1ccccc1O. The number of aromatic hydroxyl groups is 1. The van der Waals surface area contributed by atoms with E-state index in [1.54, 1.807) is 12.1 Å². The van der Waals surface area contributed by atoms with Crippen LogP contribution in [-0.2, 0) is 11.2 Å². The van der Waals surface area contributed by atoms with E-state index >= 15 is 0 Å². The topological polar surface area (TPSA) is 52.6 Å². The Morgan fingerprint density at radius 1 is 1.45 bits per heavy atom. The minimum absolute atomic E-state index is 0.0991. The smallest absolute Gasteiger partial charge is 0.227 e. The van der Waals surface area contributed by atoms with Gasteiger partial charge in [0.1, 0.15) is 5.75 Å². The van der Waals surface area contributed by atoms with Gasteiger partial charge in [-0.05, 0) is 31.9 Å². The largest absolute Gasteiger partial charge is 0.508 e. The van der Waals surface area contributed by atoms with Crippen LogP contribution in [0.2, 0.25) is 0 Å². The fourth-order valence-corrected chi connectivity index (χ4v) is 2.70. The first kappa shape index (κ1) is 14.9. The molecule has 20 heavy (non-hydrogen) atoms. The first-order chi connectivity index (χ1) is 9.70. The van der Waals surface area contributed by atoms with Crippen LogP contribution in [0.3, 0.4) is 0 Å². The third-order valence-electron chi connectivity index (χ3n) is 3.78. The van der Waals surface area contributed by atoms with Gasteiger partial charge in [-0.15, -0.1) is 0 Å². The summed E-state index contributed by atoms with van der Waals surface area (Å²) in [5.41, 5.74) is 0.706. The second-order valence-electron chi connectivity index (χ2n) is 5.44. The summed E-state index contributed by atoms with van der Waals surface area (Å²) in [7, 11) is 0.